The summed E-state index contributed by atoms with van der Waals surface area (Å²) < 4.78 is 1.59. The zero-order chi connectivity index (χ0) is 26.9. The number of carbonyl (C=O) groups excluding carboxylic acids is 2. The second kappa shape index (κ2) is 13.2. The fourth-order valence-corrected chi connectivity index (χ4v) is 4.21. The van der Waals surface area contributed by atoms with Crippen molar-refractivity contribution in [2.45, 2.75) is 26.7 Å². The van der Waals surface area contributed by atoms with Gasteiger partial charge in [0.1, 0.15) is 0 Å². The number of hydrogen-bond donors (Lipinski definition) is 2. The van der Waals surface area contributed by atoms with E-state index in [2.05, 4.69) is 15.4 Å². The average Bonchev–Trinajstić information content (AvgIpc) is 3.21. The van der Waals surface area contributed by atoms with Gasteiger partial charge in [0.25, 0.3) is 5.91 Å². The highest BCUT2D eigenvalue weighted by Gasteiger charge is 2.21. The number of benzene rings is 2. The lowest BCUT2D eigenvalue weighted by molar-refractivity contribution is -0.120. The number of nitrogens with one attached hydrogen (secondary N) is 1. The van der Waals surface area contributed by atoms with E-state index in [-0.39, 0.29) is 11.6 Å². The second-order valence-electron chi connectivity index (χ2n) is 8.01. The molecule has 4 aromatic rings. The molecular weight excluding hydrogens is 533 g/mol. The smallest absolute Gasteiger partial charge is 0.269 e. The molecular formula is C27H26Cl3N5O2. The normalized spacial score (nSPS) is 10.4. The van der Waals surface area contributed by atoms with E-state index in [0.29, 0.717) is 45.0 Å². The Morgan fingerprint density at radius 3 is 2.22 bits per heavy atom. The molecule has 0 bridgehead atoms. The van der Waals surface area contributed by atoms with E-state index in [1.165, 1.54) is 0 Å². The predicted molar refractivity (Wildman–Crippen MR) is 149 cm³/mol. The molecule has 2 heterocycles. The first kappa shape index (κ1) is 28.2. The molecule has 2 aromatic heterocycles. The molecule has 0 radical (unpaired) electrons. The van der Waals surface area contributed by atoms with Crippen LogP contribution >= 0.6 is 34.8 Å². The predicted octanol–water partition coefficient (Wildman–Crippen LogP) is 6.06. The van der Waals surface area contributed by atoms with Crippen LogP contribution in [0.2, 0.25) is 15.1 Å². The molecule has 0 atom stereocenters. The Labute approximate surface area is 230 Å². The SMILES string of the molecule is CCNC(=O)CCc1ccncc1.Cc1c(C(N)=O)nn(-c2ccc(Cl)cc2Cl)c1-c1ccc(Cl)cc1. The van der Waals surface area contributed by atoms with Gasteiger partial charge in [0, 0.05) is 46.5 Å². The van der Waals surface area contributed by atoms with Crippen molar-refractivity contribution in [1.29, 1.82) is 0 Å². The first-order valence-corrected chi connectivity index (χ1v) is 12.6. The molecule has 0 aliphatic heterocycles. The number of carbonyl (C=O) groups is 2. The van der Waals surface area contributed by atoms with Gasteiger partial charge in [-0.2, -0.15) is 5.10 Å². The molecule has 192 valence electrons. The summed E-state index contributed by atoms with van der Waals surface area (Å²) in [7, 11) is 0. The van der Waals surface area contributed by atoms with Crippen LogP contribution in [0, 0.1) is 6.92 Å². The van der Waals surface area contributed by atoms with Crippen molar-refractivity contribution >= 4 is 46.6 Å². The lowest BCUT2D eigenvalue weighted by atomic mass is 10.1. The first-order valence-electron chi connectivity index (χ1n) is 11.5. The van der Waals surface area contributed by atoms with Gasteiger partial charge >= 0.3 is 0 Å². The van der Waals surface area contributed by atoms with Gasteiger partial charge in [-0.1, -0.05) is 46.9 Å². The van der Waals surface area contributed by atoms with Gasteiger partial charge in [0.15, 0.2) is 5.69 Å². The van der Waals surface area contributed by atoms with Gasteiger partial charge in [0.05, 0.1) is 16.4 Å². The van der Waals surface area contributed by atoms with Crippen molar-refractivity contribution in [3.05, 3.63) is 98.9 Å². The van der Waals surface area contributed by atoms with Crippen molar-refractivity contribution in [2.75, 3.05) is 6.54 Å². The first-order chi connectivity index (χ1) is 17.7. The highest BCUT2D eigenvalue weighted by Crippen LogP contribution is 2.33. The Bertz CT molecular complexity index is 1370. The van der Waals surface area contributed by atoms with E-state index < -0.39 is 5.91 Å². The fraction of sp³-hybridized carbons (Fsp3) is 0.185. The average molecular weight is 559 g/mol. The molecule has 2 aromatic carbocycles. The highest BCUT2D eigenvalue weighted by atomic mass is 35.5. The molecule has 0 unspecified atom stereocenters. The number of amides is 2. The zero-order valence-corrected chi connectivity index (χ0v) is 22.6. The largest absolute Gasteiger partial charge is 0.364 e. The molecule has 7 nitrogen and oxygen atoms in total. The number of rotatable bonds is 7. The Morgan fingerprint density at radius 2 is 1.62 bits per heavy atom. The van der Waals surface area contributed by atoms with Crippen LogP contribution in [0.4, 0.5) is 0 Å². The van der Waals surface area contributed by atoms with Crippen LogP contribution in [0.3, 0.4) is 0 Å². The van der Waals surface area contributed by atoms with E-state index >= 15 is 0 Å². The summed E-state index contributed by atoms with van der Waals surface area (Å²) >= 11 is 18.2. The lowest BCUT2D eigenvalue weighted by Crippen LogP contribution is -2.22. The van der Waals surface area contributed by atoms with Crippen molar-refractivity contribution in [3.8, 4) is 16.9 Å². The maximum atomic E-state index is 11.7. The minimum atomic E-state index is -0.605. The van der Waals surface area contributed by atoms with E-state index in [1.807, 2.05) is 31.2 Å². The number of primary amides is 1. The lowest BCUT2D eigenvalue weighted by Gasteiger charge is -2.11. The van der Waals surface area contributed by atoms with Gasteiger partial charge in [-0.25, -0.2) is 4.68 Å². The van der Waals surface area contributed by atoms with Crippen LogP contribution in [0.5, 0.6) is 0 Å². The number of aryl methyl sites for hydroxylation is 1. The van der Waals surface area contributed by atoms with E-state index in [1.54, 1.807) is 54.3 Å². The standard InChI is InChI=1S/C17H12Cl3N3O.C10H14N2O/c1-9-15(17(21)24)22-23(14-7-6-12(19)8-13(14)20)16(9)10-2-4-11(18)5-3-10;1-2-12-10(13)4-3-9-5-7-11-8-6-9/h2-8H,1H3,(H2,21,24);5-8H,2-4H2,1H3,(H,12,13). The Morgan fingerprint density at radius 1 is 0.973 bits per heavy atom. The van der Waals surface area contributed by atoms with E-state index in [0.717, 1.165) is 17.5 Å². The van der Waals surface area contributed by atoms with Crippen LogP contribution in [0.1, 0.15) is 35.0 Å². The van der Waals surface area contributed by atoms with Gasteiger partial charge in [0.2, 0.25) is 5.91 Å². The van der Waals surface area contributed by atoms with Crippen molar-refractivity contribution in [1.82, 2.24) is 20.1 Å². The summed E-state index contributed by atoms with van der Waals surface area (Å²) in [6, 6.07) is 16.1. The van der Waals surface area contributed by atoms with Crippen LogP contribution in [0.15, 0.2) is 67.0 Å². The second-order valence-corrected chi connectivity index (χ2v) is 9.29. The summed E-state index contributed by atoms with van der Waals surface area (Å²) in [5, 5.41) is 8.65. The zero-order valence-electron chi connectivity index (χ0n) is 20.3. The molecule has 0 spiro atoms. The van der Waals surface area contributed by atoms with Gasteiger partial charge in [-0.3, -0.25) is 14.6 Å². The topological polar surface area (TPSA) is 103 Å². The van der Waals surface area contributed by atoms with Crippen molar-refractivity contribution < 1.29 is 9.59 Å². The molecule has 37 heavy (non-hydrogen) atoms. The minimum absolute atomic E-state index is 0.110. The van der Waals surface area contributed by atoms with Crippen LogP contribution in [-0.4, -0.2) is 33.1 Å². The molecule has 0 aliphatic carbocycles. The monoisotopic (exact) mass is 557 g/mol. The van der Waals surface area contributed by atoms with Crippen LogP contribution in [0.25, 0.3) is 16.9 Å². The van der Waals surface area contributed by atoms with Gasteiger partial charge in [-0.05, 0) is 68.3 Å². The highest BCUT2D eigenvalue weighted by molar-refractivity contribution is 6.35. The molecule has 0 saturated heterocycles. The summed E-state index contributed by atoms with van der Waals surface area (Å²) in [6.07, 6.45) is 4.83. The Kier molecular flexibility index (Phi) is 10.1. The third kappa shape index (κ3) is 7.55. The number of halogens is 3. The molecule has 2 amide bonds. The number of pyridine rings is 1. The van der Waals surface area contributed by atoms with Gasteiger partial charge < -0.3 is 11.1 Å². The molecule has 0 aliphatic rings. The molecule has 3 N–H and O–H groups in total. The minimum Gasteiger partial charge on any atom is -0.364 e. The summed E-state index contributed by atoms with van der Waals surface area (Å²) in [6.45, 7) is 4.41. The maximum absolute atomic E-state index is 11.7. The van der Waals surface area contributed by atoms with E-state index in [9.17, 15) is 9.59 Å². The van der Waals surface area contributed by atoms with Crippen molar-refractivity contribution in [2.24, 2.45) is 5.73 Å². The molecule has 4 rings (SSSR count). The number of aromatic nitrogens is 3. The molecule has 0 fully saturated rings. The Balaban J connectivity index is 0.000000248. The third-order valence-corrected chi connectivity index (χ3v) is 6.17. The maximum Gasteiger partial charge on any atom is 0.269 e. The molecule has 0 saturated carbocycles. The van der Waals surface area contributed by atoms with E-state index in [4.69, 9.17) is 40.5 Å². The van der Waals surface area contributed by atoms with Crippen LogP contribution < -0.4 is 11.1 Å². The number of hydrogen-bond acceptors (Lipinski definition) is 4. The number of nitrogens with two attached hydrogens (primary N) is 1. The third-order valence-electron chi connectivity index (χ3n) is 5.38. The number of nitrogens with zero attached hydrogens (tertiary/aromatic N) is 3. The summed E-state index contributed by atoms with van der Waals surface area (Å²) in [5.74, 6) is -0.495. The summed E-state index contributed by atoms with van der Waals surface area (Å²) in [4.78, 5) is 26.7. The van der Waals surface area contributed by atoms with Gasteiger partial charge in [-0.15, -0.1) is 0 Å². The Hall–Kier alpha value is -3.39. The molecule has 10 heteroatoms. The van der Waals surface area contributed by atoms with Crippen molar-refractivity contribution in [3.63, 3.8) is 0 Å². The quantitative estimate of drug-likeness (QED) is 0.288. The summed E-state index contributed by atoms with van der Waals surface area (Å²) in [5.41, 5.74) is 9.60. The van der Waals surface area contributed by atoms with Crippen LogP contribution in [-0.2, 0) is 11.2 Å². The fourth-order valence-electron chi connectivity index (χ4n) is 3.60.